The molecule has 0 spiro atoms. The van der Waals surface area contributed by atoms with Crippen molar-refractivity contribution in [2.24, 2.45) is 0 Å². The highest BCUT2D eigenvalue weighted by Crippen LogP contribution is 2.25. The van der Waals surface area contributed by atoms with Crippen LogP contribution in [0.5, 0.6) is 0 Å². The Balaban J connectivity index is 1.97. The third-order valence-electron chi connectivity index (χ3n) is 3.32. The predicted octanol–water partition coefficient (Wildman–Crippen LogP) is 3.64. The second kappa shape index (κ2) is 6.10. The first-order valence-electron chi connectivity index (χ1n) is 6.92. The topological polar surface area (TPSA) is 68.0 Å². The van der Waals surface area contributed by atoms with Crippen LogP contribution in [0.25, 0.3) is 0 Å². The van der Waals surface area contributed by atoms with Crippen LogP contribution in [-0.4, -0.2) is 10.8 Å². The zero-order chi connectivity index (χ0) is 15.4. The summed E-state index contributed by atoms with van der Waals surface area (Å²) >= 11 is 0. The fourth-order valence-electron chi connectivity index (χ4n) is 2.20. The number of para-hydroxylation sites is 1. The summed E-state index contributed by atoms with van der Waals surface area (Å²) < 4.78 is 0. The van der Waals surface area contributed by atoms with E-state index >= 15 is 0 Å². The lowest BCUT2D eigenvalue weighted by Gasteiger charge is -2.12. The van der Waals surface area contributed by atoms with Crippen LogP contribution in [0.15, 0.2) is 72.9 Å². The highest BCUT2D eigenvalue weighted by atomic mass is 16.1. The third-order valence-corrected chi connectivity index (χ3v) is 3.32. The molecular formula is C18H15N3O. The lowest BCUT2D eigenvalue weighted by atomic mass is 10.0. The second-order valence-corrected chi connectivity index (χ2v) is 4.80. The van der Waals surface area contributed by atoms with Gasteiger partial charge in [-0.05, 0) is 24.3 Å². The highest BCUT2D eigenvalue weighted by Gasteiger charge is 2.13. The zero-order valence-corrected chi connectivity index (χ0v) is 11.9. The maximum atomic E-state index is 12.7. The van der Waals surface area contributed by atoms with Gasteiger partial charge in [-0.15, -0.1) is 0 Å². The van der Waals surface area contributed by atoms with Crippen molar-refractivity contribution in [2.75, 3.05) is 11.1 Å². The Kier molecular flexibility index (Phi) is 3.83. The lowest BCUT2D eigenvalue weighted by molar-refractivity contribution is 0.103. The fourth-order valence-corrected chi connectivity index (χ4v) is 2.20. The van der Waals surface area contributed by atoms with Crippen molar-refractivity contribution in [3.63, 3.8) is 0 Å². The molecule has 1 aromatic heterocycles. The van der Waals surface area contributed by atoms with E-state index in [1.165, 1.54) is 0 Å². The number of nitrogens with one attached hydrogen (secondary N) is 1. The molecule has 4 nitrogen and oxygen atoms in total. The Hall–Kier alpha value is -3.14. The van der Waals surface area contributed by atoms with Crippen LogP contribution in [0.1, 0.15) is 15.9 Å². The maximum absolute atomic E-state index is 12.7. The van der Waals surface area contributed by atoms with Crippen LogP contribution < -0.4 is 11.1 Å². The summed E-state index contributed by atoms with van der Waals surface area (Å²) in [6.07, 6.45) is 1.63. The van der Waals surface area contributed by atoms with E-state index in [0.29, 0.717) is 28.3 Å². The summed E-state index contributed by atoms with van der Waals surface area (Å²) in [5, 5.41) is 3.18. The normalized spacial score (nSPS) is 10.2. The number of carbonyl (C=O) groups is 1. The van der Waals surface area contributed by atoms with Gasteiger partial charge in [-0.1, -0.05) is 42.5 Å². The number of nitrogens with zero attached hydrogens (tertiary/aromatic N) is 1. The largest absolute Gasteiger partial charge is 0.382 e. The molecule has 108 valence electrons. The molecule has 0 atom stereocenters. The van der Waals surface area contributed by atoms with Gasteiger partial charge < -0.3 is 11.1 Å². The molecule has 3 N–H and O–H groups in total. The summed E-state index contributed by atoms with van der Waals surface area (Å²) in [6.45, 7) is 0. The molecule has 4 heteroatoms. The molecule has 0 fully saturated rings. The van der Waals surface area contributed by atoms with Crippen LogP contribution in [0, 0.1) is 0 Å². The molecule has 3 rings (SSSR count). The quantitative estimate of drug-likeness (QED) is 0.720. The van der Waals surface area contributed by atoms with E-state index in [0.717, 1.165) is 0 Å². The number of rotatable bonds is 4. The minimum Gasteiger partial charge on any atom is -0.382 e. The Morgan fingerprint density at radius 3 is 2.32 bits per heavy atom. The number of pyridine rings is 1. The third kappa shape index (κ3) is 2.81. The van der Waals surface area contributed by atoms with Crippen molar-refractivity contribution >= 4 is 23.0 Å². The molecule has 0 radical (unpaired) electrons. The number of hydrogen-bond donors (Lipinski definition) is 2. The zero-order valence-electron chi connectivity index (χ0n) is 11.9. The summed E-state index contributed by atoms with van der Waals surface area (Å²) in [5.41, 5.74) is 8.47. The summed E-state index contributed by atoms with van der Waals surface area (Å²) in [7, 11) is 0. The van der Waals surface area contributed by atoms with Crippen LogP contribution in [0.4, 0.5) is 17.2 Å². The van der Waals surface area contributed by atoms with E-state index in [9.17, 15) is 4.79 Å². The molecule has 0 bridgehead atoms. The van der Waals surface area contributed by atoms with Crippen molar-refractivity contribution in [1.82, 2.24) is 4.98 Å². The average molecular weight is 289 g/mol. The molecule has 0 aliphatic rings. The van der Waals surface area contributed by atoms with Crippen molar-refractivity contribution in [3.05, 3.63) is 84.1 Å². The van der Waals surface area contributed by atoms with Crippen molar-refractivity contribution in [3.8, 4) is 0 Å². The first kappa shape index (κ1) is 13.8. The highest BCUT2D eigenvalue weighted by molar-refractivity contribution is 6.12. The standard InChI is InChI=1S/C18H15N3O/c19-18-16(11-6-12-20-18)21-15-10-5-4-9-14(15)17(22)13-7-2-1-3-8-13/h1-12,21H,(H2,19,20). The van der Waals surface area contributed by atoms with Gasteiger partial charge in [0.2, 0.25) is 0 Å². The first-order valence-corrected chi connectivity index (χ1v) is 6.92. The van der Waals surface area contributed by atoms with Gasteiger partial charge in [0, 0.05) is 23.0 Å². The smallest absolute Gasteiger partial charge is 0.195 e. The number of nitrogens with two attached hydrogens (primary N) is 1. The fraction of sp³-hybridized carbons (Fsp3) is 0. The van der Waals surface area contributed by atoms with E-state index < -0.39 is 0 Å². The molecule has 0 aliphatic carbocycles. The van der Waals surface area contributed by atoms with Crippen molar-refractivity contribution in [1.29, 1.82) is 0 Å². The van der Waals surface area contributed by atoms with Crippen LogP contribution >= 0.6 is 0 Å². The monoisotopic (exact) mass is 289 g/mol. The molecule has 0 saturated carbocycles. The number of ketones is 1. The summed E-state index contributed by atoms with van der Waals surface area (Å²) in [6, 6.07) is 20.2. The number of nitrogen functional groups attached to an aromatic ring is 1. The van der Waals surface area contributed by atoms with Gasteiger partial charge in [-0.25, -0.2) is 4.98 Å². The molecule has 0 aliphatic heterocycles. The number of benzene rings is 2. The second-order valence-electron chi connectivity index (χ2n) is 4.80. The van der Waals surface area contributed by atoms with Gasteiger partial charge in [0.05, 0.1) is 5.69 Å². The van der Waals surface area contributed by atoms with Crippen LogP contribution in [0.3, 0.4) is 0 Å². The van der Waals surface area contributed by atoms with Crippen LogP contribution in [0.2, 0.25) is 0 Å². The molecular weight excluding hydrogens is 274 g/mol. The van der Waals surface area contributed by atoms with E-state index in [-0.39, 0.29) is 5.78 Å². The Morgan fingerprint density at radius 1 is 0.864 bits per heavy atom. The minimum atomic E-state index is -0.0360. The van der Waals surface area contributed by atoms with Gasteiger partial charge in [0.1, 0.15) is 5.82 Å². The summed E-state index contributed by atoms with van der Waals surface area (Å²) in [5.74, 6) is 0.357. The van der Waals surface area contributed by atoms with Gasteiger partial charge in [-0.2, -0.15) is 0 Å². The number of anilines is 3. The molecule has 2 aromatic carbocycles. The van der Waals surface area contributed by atoms with Crippen LogP contribution in [-0.2, 0) is 0 Å². The van der Waals surface area contributed by atoms with E-state index in [4.69, 9.17) is 5.73 Å². The number of aromatic nitrogens is 1. The maximum Gasteiger partial charge on any atom is 0.195 e. The molecule has 0 amide bonds. The Morgan fingerprint density at radius 2 is 1.55 bits per heavy atom. The molecule has 0 unspecified atom stereocenters. The van der Waals surface area contributed by atoms with E-state index in [2.05, 4.69) is 10.3 Å². The Labute approximate surface area is 128 Å². The van der Waals surface area contributed by atoms with Gasteiger partial charge >= 0.3 is 0 Å². The number of hydrogen-bond acceptors (Lipinski definition) is 4. The molecule has 22 heavy (non-hydrogen) atoms. The summed E-state index contributed by atoms with van der Waals surface area (Å²) in [4.78, 5) is 16.7. The first-order chi connectivity index (χ1) is 10.8. The molecule has 0 saturated heterocycles. The Bertz CT molecular complexity index is 800. The SMILES string of the molecule is Nc1ncccc1Nc1ccccc1C(=O)c1ccccc1. The van der Waals surface area contributed by atoms with E-state index in [1.807, 2.05) is 42.5 Å². The van der Waals surface area contributed by atoms with E-state index in [1.54, 1.807) is 30.5 Å². The van der Waals surface area contributed by atoms with Crippen molar-refractivity contribution in [2.45, 2.75) is 0 Å². The van der Waals surface area contributed by atoms with Gasteiger partial charge in [-0.3, -0.25) is 4.79 Å². The molecule has 3 aromatic rings. The van der Waals surface area contributed by atoms with Gasteiger partial charge in [0.15, 0.2) is 5.78 Å². The molecule has 1 heterocycles. The lowest BCUT2D eigenvalue weighted by Crippen LogP contribution is -2.06. The number of carbonyl (C=O) groups excluding carboxylic acids is 1. The minimum absolute atomic E-state index is 0.0360. The van der Waals surface area contributed by atoms with Gasteiger partial charge in [0.25, 0.3) is 0 Å². The average Bonchev–Trinajstić information content (AvgIpc) is 2.58. The van der Waals surface area contributed by atoms with Crippen molar-refractivity contribution < 1.29 is 4.79 Å². The predicted molar refractivity (Wildman–Crippen MR) is 88.2 cm³/mol.